The van der Waals surface area contributed by atoms with E-state index < -0.39 is 23.0 Å². The van der Waals surface area contributed by atoms with Crippen molar-refractivity contribution in [1.82, 2.24) is 9.96 Å². The van der Waals surface area contributed by atoms with E-state index in [2.05, 4.69) is 4.99 Å². The van der Waals surface area contributed by atoms with Gasteiger partial charge in [0.05, 0.1) is 42.3 Å². The Morgan fingerprint density at radius 2 is 1.89 bits per heavy atom. The van der Waals surface area contributed by atoms with Crippen LogP contribution in [0.25, 0.3) is 0 Å². The van der Waals surface area contributed by atoms with Crippen molar-refractivity contribution in [2.24, 2.45) is 4.99 Å². The molecule has 1 aliphatic rings. The maximum Gasteiger partial charge on any atom is 0.352 e. The number of nitriles is 1. The van der Waals surface area contributed by atoms with Crippen LogP contribution < -0.4 is 0 Å². The van der Waals surface area contributed by atoms with Gasteiger partial charge in [-0.25, -0.2) is 24.5 Å². The summed E-state index contributed by atoms with van der Waals surface area (Å²) in [6, 6.07) is 14.1. The molecule has 0 aromatic heterocycles. The van der Waals surface area contributed by atoms with Crippen molar-refractivity contribution in [3.63, 3.8) is 0 Å². The number of esters is 1. The minimum Gasteiger partial charge on any atom is -0.468 e. The molecule has 0 saturated heterocycles. The van der Waals surface area contributed by atoms with E-state index in [0.717, 1.165) is 10.5 Å². The van der Waals surface area contributed by atoms with E-state index in [0.29, 0.717) is 17.0 Å². The zero-order valence-electron chi connectivity index (χ0n) is 20.9. The van der Waals surface area contributed by atoms with Crippen molar-refractivity contribution in [3.8, 4) is 6.07 Å². The molecule has 198 valence electrons. The average molecular weight is 522 g/mol. The number of amides is 2. The number of carbonyl (C=O) groups excluding carboxylic acids is 2. The minimum atomic E-state index is -1.19. The summed E-state index contributed by atoms with van der Waals surface area (Å²) in [6.45, 7) is 1.49. The Morgan fingerprint density at radius 1 is 1.21 bits per heavy atom. The van der Waals surface area contributed by atoms with Crippen molar-refractivity contribution in [2.75, 3.05) is 20.3 Å². The summed E-state index contributed by atoms with van der Waals surface area (Å²) >= 11 is 0. The van der Waals surface area contributed by atoms with Crippen LogP contribution in [0.1, 0.15) is 36.9 Å². The van der Waals surface area contributed by atoms with Gasteiger partial charge in [-0.15, -0.1) is 0 Å². The van der Waals surface area contributed by atoms with Crippen molar-refractivity contribution in [1.29, 1.82) is 5.26 Å². The van der Waals surface area contributed by atoms with Crippen LogP contribution in [0.15, 0.2) is 70.9 Å². The maximum absolute atomic E-state index is 13.6. The van der Waals surface area contributed by atoms with Crippen LogP contribution in [-0.2, 0) is 20.7 Å². The number of benzene rings is 2. The lowest BCUT2D eigenvalue weighted by molar-refractivity contribution is -0.384. The Hall–Kier alpha value is -4.76. The monoisotopic (exact) mass is 521 g/mol. The fourth-order valence-electron chi connectivity index (χ4n) is 3.92. The number of rotatable bonds is 9. The standard InChI is InChI=1S/C26H27N5O7/c1-3-21-22(24(32)38-17-7-15-27)23(19-10-12-20(13-11-19)31(35)36)30(25(28-21)37-2)26(33)29(34)16-14-18-8-5-4-6-9-18/h4-6,8-13,23,34H,3,7,14,16-17H2,1-2H3. The molecule has 1 heterocycles. The zero-order valence-corrected chi connectivity index (χ0v) is 20.9. The normalized spacial score (nSPS) is 14.8. The predicted octanol–water partition coefficient (Wildman–Crippen LogP) is 4.13. The summed E-state index contributed by atoms with van der Waals surface area (Å²) in [6.07, 6.45) is 0.567. The molecule has 1 N–H and O–H groups in total. The summed E-state index contributed by atoms with van der Waals surface area (Å²) in [5.41, 5.74) is 1.28. The van der Waals surface area contributed by atoms with Gasteiger partial charge in [-0.1, -0.05) is 37.3 Å². The molecule has 2 aromatic rings. The van der Waals surface area contributed by atoms with E-state index >= 15 is 0 Å². The van der Waals surface area contributed by atoms with E-state index in [4.69, 9.17) is 14.7 Å². The third kappa shape index (κ3) is 6.32. The Morgan fingerprint density at radius 3 is 2.47 bits per heavy atom. The number of nitro groups is 1. The zero-order chi connectivity index (χ0) is 27.7. The summed E-state index contributed by atoms with van der Waals surface area (Å²) < 4.78 is 10.7. The molecule has 0 saturated carbocycles. The van der Waals surface area contributed by atoms with Crippen LogP contribution >= 0.6 is 0 Å². The first-order valence-corrected chi connectivity index (χ1v) is 11.8. The van der Waals surface area contributed by atoms with E-state index in [1.54, 1.807) is 6.92 Å². The van der Waals surface area contributed by atoms with Crippen molar-refractivity contribution in [2.45, 2.75) is 32.2 Å². The van der Waals surface area contributed by atoms with Gasteiger partial charge in [0.25, 0.3) is 5.69 Å². The third-order valence-electron chi connectivity index (χ3n) is 5.77. The van der Waals surface area contributed by atoms with Gasteiger partial charge < -0.3 is 9.47 Å². The van der Waals surface area contributed by atoms with Gasteiger partial charge in [-0.2, -0.15) is 5.26 Å². The smallest absolute Gasteiger partial charge is 0.352 e. The van der Waals surface area contributed by atoms with Crippen LogP contribution in [-0.4, -0.2) is 58.4 Å². The number of hydroxylamine groups is 2. The average Bonchev–Trinajstić information content (AvgIpc) is 2.94. The number of amidine groups is 1. The van der Waals surface area contributed by atoms with Crippen LogP contribution in [0.4, 0.5) is 10.5 Å². The fraction of sp³-hybridized carbons (Fsp3) is 0.308. The first-order chi connectivity index (χ1) is 18.3. The van der Waals surface area contributed by atoms with Crippen LogP contribution in [0, 0.1) is 21.4 Å². The Bertz CT molecular complexity index is 1270. The second-order valence-corrected chi connectivity index (χ2v) is 8.12. The van der Waals surface area contributed by atoms with E-state index in [1.165, 1.54) is 31.4 Å². The minimum absolute atomic E-state index is 0.00935. The number of hydrogen-bond acceptors (Lipinski definition) is 9. The highest BCUT2D eigenvalue weighted by Gasteiger charge is 2.43. The molecular formula is C26H27N5O7. The molecule has 12 heteroatoms. The first kappa shape index (κ1) is 27.8. The molecule has 1 unspecified atom stereocenters. The molecule has 2 amide bonds. The Balaban J connectivity index is 2.06. The molecule has 0 fully saturated rings. The number of aliphatic imine (C=N–C) groups is 1. The maximum atomic E-state index is 13.6. The van der Waals surface area contributed by atoms with Crippen LogP contribution in [0.5, 0.6) is 0 Å². The highest BCUT2D eigenvalue weighted by Crippen LogP contribution is 2.38. The van der Waals surface area contributed by atoms with Gasteiger partial charge in [-0.05, 0) is 36.1 Å². The molecule has 0 bridgehead atoms. The number of hydrogen-bond donors (Lipinski definition) is 1. The van der Waals surface area contributed by atoms with Gasteiger partial charge in [-0.3, -0.25) is 15.3 Å². The summed E-state index contributed by atoms with van der Waals surface area (Å²) in [7, 11) is 1.29. The molecule has 1 aliphatic heterocycles. The SMILES string of the molecule is CCC1=C(C(=O)OCCC#N)C(c2ccc([N+](=O)[O-])cc2)N(C(=O)N(O)CCc2ccccc2)C(OC)=N1. The number of allylic oxidation sites excluding steroid dienone is 1. The van der Waals surface area contributed by atoms with Gasteiger partial charge in [0.2, 0.25) is 0 Å². The molecule has 0 spiro atoms. The van der Waals surface area contributed by atoms with E-state index in [-0.39, 0.29) is 49.0 Å². The lowest BCUT2D eigenvalue weighted by Crippen LogP contribution is -2.50. The van der Waals surface area contributed by atoms with Crippen LogP contribution in [0.3, 0.4) is 0 Å². The number of nitrogens with zero attached hydrogens (tertiary/aromatic N) is 5. The Kier molecular flexibility index (Phi) is 9.50. The van der Waals surface area contributed by atoms with Gasteiger partial charge in [0, 0.05) is 12.1 Å². The number of carbonyl (C=O) groups is 2. The first-order valence-electron chi connectivity index (χ1n) is 11.8. The van der Waals surface area contributed by atoms with Crippen molar-refractivity contribution >= 4 is 23.7 Å². The summed E-state index contributed by atoms with van der Waals surface area (Å²) in [4.78, 5) is 42.8. The summed E-state index contributed by atoms with van der Waals surface area (Å²) in [5.74, 6) is -0.814. The number of ether oxygens (including phenoxy) is 2. The topological polar surface area (TPSA) is 159 Å². The van der Waals surface area contributed by atoms with E-state index in [9.17, 15) is 24.9 Å². The number of nitro benzene ring substituents is 1. The quantitative estimate of drug-likeness (QED) is 0.170. The molecule has 0 aliphatic carbocycles. The van der Waals surface area contributed by atoms with Gasteiger partial charge in [0.15, 0.2) is 0 Å². The summed E-state index contributed by atoms with van der Waals surface area (Å²) in [5, 5.41) is 31.3. The second-order valence-electron chi connectivity index (χ2n) is 8.12. The van der Waals surface area contributed by atoms with Gasteiger partial charge in [0.1, 0.15) is 12.6 Å². The lowest BCUT2D eigenvalue weighted by atomic mass is 9.93. The van der Waals surface area contributed by atoms with E-state index in [1.807, 2.05) is 36.4 Å². The molecule has 12 nitrogen and oxygen atoms in total. The van der Waals surface area contributed by atoms with Crippen molar-refractivity contribution < 1.29 is 29.2 Å². The van der Waals surface area contributed by atoms with Crippen LogP contribution in [0.2, 0.25) is 0 Å². The molecular weight excluding hydrogens is 494 g/mol. The largest absolute Gasteiger partial charge is 0.468 e. The molecule has 38 heavy (non-hydrogen) atoms. The molecule has 3 rings (SSSR count). The molecule has 0 radical (unpaired) electrons. The highest BCUT2D eigenvalue weighted by atomic mass is 16.6. The molecule has 1 atom stereocenters. The number of urea groups is 1. The number of methoxy groups -OCH3 is 1. The third-order valence-corrected chi connectivity index (χ3v) is 5.77. The second kappa shape index (κ2) is 13.0. The van der Waals surface area contributed by atoms with Crippen molar-refractivity contribution in [3.05, 3.63) is 87.1 Å². The Labute approximate surface area is 219 Å². The predicted molar refractivity (Wildman–Crippen MR) is 135 cm³/mol. The highest BCUT2D eigenvalue weighted by molar-refractivity contribution is 6.00. The number of non-ortho nitro benzene ring substituents is 1. The molecule has 2 aromatic carbocycles. The fourth-order valence-corrected chi connectivity index (χ4v) is 3.92. The lowest BCUT2D eigenvalue weighted by Gasteiger charge is -2.37. The van der Waals surface area contributed by atoms with Gasteiger partial charge >= 0.3 is 18.0 Å².